The van der Waals surface area contributed by atoms with Gasteiger partial charge in [-0.15, -0.1) is 4.49 Å². The van der Waals surface area contributed by atoms with Crippen LogP contribution in [0.3, 0.4) is 0 Å². The van der Waals surface area contributed by atoms with E-state index in [0.29, 0.717) is 0 Å². The predicted octanol–water partition coefficient (Wildman–Crippen LogP) is -0.00300. The average Bonchev–Trinajstić information content (AvgIpc) is 1.30. The third kappa shape index (κ3) is 5.94. The van der Waals surface area contributed by atoms with Crippen molar-refractivity contribution in [3.8, 4) is 0 Å². The predicted molar refractivity (Wildman–Crippen MR) is 20.8 cm³/mol. The molecule has 0 aromatic heterocycles. The number of hydrogen-bond acceptors (Lipinski definition) is 3. The zero-order valence-corrected chi connectivity index (χ0v) is 4.67. The van der Waals surface area contributed by atoms with Gasteiger partial charge in [0.05, 0.1) is 0 Å². The summed E-state index contributed by atoms with van der Waals surface area (Å²) in [5, 5.41) is 0. The fraction of sp³-hybridized carbons (Fsp3) is 0. The van der Waals surface area contributed by atoms with Crippen LogP contribution >= 0.6 is 8.61 Å². The fourth-order valence-corrected chi connectivity index (χ4v) is 0.401. The zero-order valence-electron chi connectivity index (χ0n) is 2.96. The molecular weight excluding hydrogens is 144 g/mol. The third-order valence-corrected chi connectivity index (χ3v) is 1.32. The number of nitrogens with one attached hydrogen (secondary N) is 1. The van der Waals surface area contributed by atoms with Crippen LogP contribution in [0.1, 0.15) is 0 Å². The number of halogens is 1. The molecule has 0 aromatic carbocycles. The number of rotatable bonds is 2. The van der Waals surface area contributed by atoms with Crippen LogP contribution in [0.2, 0.25) is 0 Å². The van der Waals surface area contributed by atoms with Gasteiger partial charge in [0, 0.05) is 0 Å². The highest BCUT2D eigenvalue weighted by molar-refractivity contribution is 7.87. The van der Waals surface area contributed by atoms with Crippen molar-refractivity contribution in [3.05, 3.63) is 0 Å². The molecule has 0 amide bonds. The van der Waals surface area contributed by atoms with Crippen molar-refractivity contribution in [3.63, 3.8) is 0 Å². The van der Waals surface area contributed by atoms with Gasteiger partial charge < -0.3 is 0 Å². The number of hydrogen-bond donors (Lipinski definition) is 1. The molecule has 0 radical (unpaired) electrons. The molecule has 0 aliphatic rings. The average molecular weight is 145 g/mol. The van der Waals surface area contributed by atoms with E-state index in [1.807, 2.05) is 0 Å². The Morgan fingerprint density at radius 3 is 2.00 bits per heavy atom. The summed E-state index contributed by atoms with van der Waals surface area (Å²) < 4.78 is 39.7. The summed E-state index contributed by atoms with van der Waals surface area (Å²) in [6, 6.07) is 0. The first-order valence-electron chi connectivity index (χ1n) is 1.10. The van der Waals surface area contributed by atoms with Gasteiger partial charge in [0.15, 0.2) is 0 Å². The molecule has 0 spiro atoms. The Morgan fingerprint density at radius 2 is 2.00 bits per heavy atom. The molecule has 7 heavy (non-hydrogen) atoms. The molecule has 0 unspecified atom stereocenters. The molecular formula is HFNO3PS. The molecule has 0 fully saturated rings. The van der Waals surface area contributed by atoms with Gasteiger partial charge in [-0.1, -0.05) is 3.89 Å². The smallest absolute Gasteiger partial charge is 0.255 e. The molecule has 4 nitrogen and oxygen atoms in total. The molecule has 0 atom stereocenters. The Morgan fingerprint density at radius 1 is 1.57 bits per heavy atom. The van der Waals surface area contributed by atoms with E-state index >= 15 is 0 Å². The molecule has 0 saturated heterocycles. The molecule has 0 bridgehead atoms. The Kier molecular flexibility index (Phi) is 2.28. The summed E-state index contributed by atoms with van der Waals surface area (Å²) in [6.07, 6.45) is 0. The highest BCUT2D eigenvalue weighted by Gasteiger charge is 2.01. The summed E-state index contributed by atoms with van der Waals surface area (Å²) >= 11 is 0. The van der Waals surface area contributed by atoms with E-state index in [9.17, 15) is 16.9 Å². The molecule has 0 aromatic rings. The quantitative estimate of drug-likeness (QED) is 0.439. The minimum Gasteiger partial charge on any atom is -0.255 e. The van der Waals surface area contributed by atoms with Crippen molar-refractivity contribution in [2.45, 2.75) is 0 Å². The first-order valence-corrected chi connectivity index (χ1v) is 3.29. The highest BCUT2D eigenvalue weighted by atomic mass is 32.3. The van der Waals surface area contributed by atoms with Crippen LogP contribution in [-0.4, -0.2) is 8.42 Å². The molecule has 0 aliphatic carbocycles. The van der Waals surface area contributed by atoms with E-state index in [0.717, 1.165) is 4.49 Å². The maximum atomic E-state index is 11.0. The maximum absolute atomic E-state index is 11.0. The third-order valence-electron chi connectivity index (χ3n) is 0.146. The zero-order chi connectivity index (χ0) is 5.91. The van der Waals surface area contributed by atoms with Crippen molar-refractivity contribution in [1.29, 1.82) is 0 Å². The Labute approximate surface area is 41.3 Å². The van der Waals surface area contributed by atoms with Gasteiger partial charge in [-0.3, -0.25) is 4.57 Å². The van der Waals surface area contributed by atoms with Crippen molar-refractivity contribution in [2.75, 3.05) is 0 Å². The summed E-state index contributed by atoms with van der Waals surface area (Å²) in [7, 11) is -5.70. The topological polar surface area (TPSA) is 63.2 Å². The van der Waals surface area contributed by atoms with Crippen molar-refractivity contribution < 1.29 is 16.9 Å². The molecule has 0 aliphatic heterocycles. The monoisotopic (exact) mass is 145 g/mol. The van der Waals surface area contributed by atoms with Crippen LogP contribution in [0.25, 0.3) is 0 Å². The highest BCUT2D eigenvalue weighted by Crippen LogP contribution is 1.89. The molecule has 7 heteroatoms. The van der Waals surface area contributed by atoms with Gasteiger partial charge in [-0.05, 0) is 0 Å². The lowest BCUT2D eigenvalue weighted by Gasteiger charge is -1.77. The summed E-state index contributed by atoms with van der Waals surface area (Å²) in [5.74, 6) is 0. The lowest BCUT2D eigenvalue weighted by Crippen LogP contribution is -2.04. The molecule has 1 N–H and O–H groups in total. The van der Waals surface area contributed by atoms with Crippen molar-refractivity contribution in [1.82, 2.24) is 4.49 Å². The molecule has 0 rings (SSSR count). The summed E-state index contributed by atoms with van der Waals surface area (Å²) in [4.78, 5) is 0. The van der Waals surface area contributed by atoms with E-state index in [-0.39, 0.29) is 0 Å². The lowest BCUT2D eigenvalue weighted by atomic mass is 13.9. The van der Waals surface area contributed by atoms with Gasteiger partial charge in [0.1, 0.15) is 0 Å². The van der Waals surface area contributed by atoms with E-state index in [4.69, 9.17) is 0 Å². The Balaban J connectivity index is 3.84. The lowest BCUT2D eigenvalue weighted by molar-refractivity contribution is 0.546. The van der Waals surface area contributed by atoms with E-state index in [1.54, 1.807) is 0 Å². The maximum Gasteiger partial charge on any atom is 0.382 e. The Hall–Kier alpha value is -0.0600. The second-order valence-electron chi connectivity index (χ2n) is 0.620. The van der Waals surface area contributed by atoms with Gasteiger partial charge in [0.2, 0.25) is 0 Å². The van der Waals surface area contributed by atoms with E-state index in [1.165, 1.54) is 0 Å². The second kappa shape index (κ2) is 2.30. The molecule has 0 saturated carbocycles. The van der Waals surface area contributed by atoms with Crippen LogP contribution in [-0.2, 0) is 15.0 Å². The standard InChI is InChI=1S/FHNO3PS/c1-7(4,5)2-6-3/h(H,2,3). The molecule has 42 valence electrons. The van der Waals surface area contributed by atoms with Gasteiger partial charge in [-0.2, -0.15) is 8.42 Å². The first kappa shape index (κ1) is 6.94. The van der Waals surface area contributed by atoms with Gasteiger partial charge >= 0.3 is 10.4 Å². The minimum atomic E-state index is -4.75. The minimum absolute atomic E-state index is 0.954. The SMILES string of the molecule is O=PNS(=O)(=O)F. The Bertz CT molecular complexity index is 148. The largest absolute Gasteiger partial charge is 0.382 e. The summed E-state index contributed by atoms with van der Waals surface area (Å²) in [6.45, 7) is 0. The van der Waals surface area contributed by atoms with Gasteiger partial charge in [0.25, 0.3) is 8.61 Å². The first-order chi connectivity index (χ1) is 3.06. The van der Waals surface area contributed by atoms with E-state index < -0.39 is 19.0 Å². The van der Waals surface area contributed by atoms with Crippen molar-refractivity contribution in [2.24, 2.45) is 0 Å². The van der Waals surface area contributed by atoms with Crippen LogP contribution in [0, 0.1) is 0 Å². The molecule has 0 heterocycles. The van der Waals surface area contributed by atoms with Crippen LogP contribution in [0.5, 0.6) is 0 Å². The fourth-order valence-electron chi connectivity index (χ4n) is 0.0445. The second-order valence-corrected chi connectivity index (χ2v) is 2.41. The van der Waals surface area contributed by atoms with Crippen LogP contribution < -0.4 is 4.49 Å². The summed E-state index contributed by atoms with van der Waals surface area (Å²) in [5.41, 5.74) is 0. The normalized spacial score (nSPS) is 12.1. The van der Waals surface area contributed by atoms with Crippen LogP contribution in [0.15, 0.2) is 0 Å². The van der Waals surface area contributed by atoms with Crippen LogP contribution in [0.4, 0.5) is 3.89 Å². The van der Waals surface area contributed by atoms with E-state index in [2.05, 4.69) is 0 Å². The van der Waals surface area contributed by atoms with Crippen molar-refractivity contribution >= 4 is 19.0 Å². The van der Waals surface area contributed by atoms with Gasteiger partial charge in [-0.25, -0.2) is 0 Å².